The number of aliphatic hydroxyl groups is 2. The van der Waals surface area contributed by atoms with E-state index in [4.69, 9.17) is 9.47 Å². The van der Waals surface area contributed by atoms with Crippen LogP contribution in [-0.2, 0) is 19.1 Å². The lowest BCUT2D eigenvalue weighted by Crippen LogP contribution is -2.25. The largest absolute Gasteiger partial charge is 0.463 e. The maximum absolute atomic E-state index is 11.9. The fourth-order valence-electron chi connectivity index (χ4n) is 4.03. The van der Waals surface area contributed by atoms with Crippen LogP contribution in [0.2, 0.25) is 0 Å². The normalized spacial score (nSPS) is 13.9. The lowest BCUT2D eigenvalue weighted by Gasteiger charge is -2.12. The van der Waals surface area contributed by atoms with E-state index in [-0.39, 0.29) is 31.6 Å². The number of allylic oxidation sites excluding steroid dienone is 8. The van der Waals surface area contributed by atoms with Gasteiger partial charge in [-0.05, 0) is 50.9 Å². The number of unbranched alkanes of at least 4 members (excludes halogenated alkanes) is 7. The number of hydrogen-bond acceptors (Lipinski definition) is 6. The first-order valence-electron chi connectivity index (χ1n) is 16.3. The van der Waals surface area contributed by atoms with E-state index in [2.05, 4.69) is 44.2 Å². The molecule has 0 aromatic carbocycles. The molecule has 0 saturated heterocycles. The fourth-order valence-corrected chi connectivity index (χ4v) is 4.03. The van der Waals surface area contributed by atoms with Gasteiger partial charge in [-0.15, -0.1) is 0 Å². The molecule has 0 bridgehead atoms. The van der Waals surface area contributed by atoms with Crippen LogP contribution in [0.3, 0.4) is 0 Å². The molecule has 0 fully saturated rings. The fraction of sp³-hybridized carbons (Fsp3) is 0.667. The van der Waals surface area contributed by atoms with E-state index in [9.17, 15) is 19.8 Å². The van der Waals surface area contributed by atoms with Crippen molar-refractivity contribution >= 4 is 11.9 Å². The smallest absolute Gasteiger partial charge is 0.305 e. The van der Waals surface area contributed by atoms with Crippen molar-refractivity contribution in [2.45, 2.75) is 136 Å². The van der Waals surface area contributed by atoms with Gasteiger partial charge in [-0.1, -0.05) is 126 Å². The van der Waals surface area contributed by atoms with Gasteiger partial charge in [-0.2, -0.15) is 0 Å². The van der Waals surface area contributed by atoms with Gasteiger partial charge in [-0.25, -0.2) is 0 Å². The van der Waals surface area contributed by atoms with Crippen LogP contribution in [-0.4, -0.2) is 47.6 Å². The van der Waals surface area contributed by atoms with Crippen LogP contribution < -0.4 is 0 Å². The van der Waals surface area contributed by atoms with Crippen molar-refractivity contribution in [2.75, 3.05) is 13.2 Å². The molecule has 0 amide bonds. The van der Waals surface area contributed by atoms with Crippen molar-refractivity contribution in [2.24, 2.45) is 5.92 Å². The zero-order valence-corrected chi connectivity index (χ0v) is 26.8. The first-order chi connectivity index (χ1) is 20.3. The first kappa shape index (κ1) is 39.6. The highest BCUT2D eigenvalue weighted by Crippen LogP contribution is 2.13. The third-order valence-corrected chi connectivity index (χ3v) is 6.52. The molecule has 0 spiro atoms. The summed E-state index contributed by atoms with van der Waals surface area (Å²) in [5, 5.41) is 19.6. The maximum Gasteiger partial charge on any atom is 0.305 e. The Morgan fingerprint density at radius 1 is 0.667 bits per heavy atom. The van der Waals surface area contributed by atoms with Gasteiger partial charge in [0, 0.05) is 12.8 Å². The average molecular weight is 589 g/mol. The lowest BCUT2D eigenvalue weighted by molar-refractivity contribution is -0.152. The van der Waals surface area contributed by atoms with Crippen molar-refractivity contribution < 1.29 is 29.3 Å². The monoisotopic (exact) mass is 588 g/mol. The Hall–Kier alpha value is -2.44. The quantitative estimate of drug-likeness (QED) is 0.0433. The molecule has 0 aromatic rings. The van der Waals surface area contributed by atoms with Crippen LogP contribution in [0.5, 0.6) is 0 Å². The van der Waals surface area contributed by atoms with Crippen molar-refractivity contribution in [3.63, 3.8) is 0 Å². The Balaban J connectivity index is 3.66. The van der Waals surface area contributed by atoms with Gasteiger partial charge in [-0.3, -0.25) is 9.59 Å². The Bertz CT molecular complexity index is 793. The molecular weight excluding hydrogens is 528 g/mol. The molecule has 0 saturated carbocycles. The SMILES string of the molecule is CC/C=C\C(O)C/C=C/C=C\C/C=C\C/C=C\CCCC(=O)OC[C@@H](O)COC(=O)CCCCCCCCCC(C)C. The topological polar surface area (TPSA) is 93.1 Å². The summed E-state index contributed by atoms with van der Waals surface area (Å²) in [4.78, 5) is 23.7. The maximum atomic E-state index is 11.9. The van der Waals surface area contributed by atoms with Gasteiger partial charge in [0.15, 0.2) is 0 Å². The summed E-state index contributed by atoms with van der Waals surface area (Å²) in [5.41, 5.74) is 0. The molecule has 6 nitrogen and oxygen atoms in total. The number of hydrogen-bond donors (Lipinski definition) is 2. The number of ether oxygens (including phenoxy) is 2. The number of rotatable bonds is 27. The predicted molar refractivity (Wildman–Crippen MR) is 174 cm³/mol. The van der Waals surface area contributed by atoms with Gasteiger partial charge in [0.05, 0.1) is 6.10 Å². The molecule has 0 heterocycles. The Morgan fingerprint density at radius 2 is 1.21 bits per heavy atom. The molecule has 2 atom stereocenters. The minimum Gasteiger partial charge on any atom is -0.463 e. The Kier molecular flexibility index (Phi) is 28.3. The molecule has 0 aromatic heterocycles. The highest BCUT2D eigenvalue weighted by Gasteiger charge is 2.12. The highest BCUT2D eigenvalue weighted by molar-refractivity contribution is 5.69. The summed E-state index contributed by atoms with van der Waals surface area (Å²) >= 11 is 0. The van der Waals surface area contributed by atoms with Crippen LogP contribution in [0, 0.1) is 5.92 Å². The van der Waals surface area contributed by atoms with Crippen LogP contribution >= 0.6 is 0 Å². The molecule has 0 radical (unpaired) electrons. The molecular formula is C36H60O6. The van der Waals surface area contributed by atoms with Gasteiger partial charge in [0.2, 0.25) is 0 Å². The summed E-state index contributed by atoms with van der Waals surface area (Å²) in [6, 6.07) is 0. The first-order valence-corrected chi connectivity index (χ1v) is 16.3. The average Bonchev–Trinajstić information content (AvgIpc) is 2.96. The number of aliphatic hydroxyl groups excluding tert-OH is 2. The van der Waals surface area contributed by atoms with E-state index in [1.807, 2.05) is 37.3 Å². The van der Waals surface area contributed by atoms with Crippen molar-refractivity contribution in [3.05, 3.63) is 60.8 Å². The summed E-state index contributed by atoms with van der Waals surface area (Å²) in [6.07, 6.45) is 33.4. The van der Waals surface area contributed by atoms with Gasteiger partial charge < -0.3 is 19.7 Å². The third-order valence-electron chi connectivity index (χ3n) is 6.52. The van der Waals surface area contributed by atoms with Crippen LogP contribution in [0.4, 0.5) is 0 Å². The van der Waals surface area contributed by atoms with Crippen LogP contribution in [0.15, 0.2) is 60.8 Å². The van der Waals surface area contributed by atoms with E-state index in [1.54, 1.807) is 0 Å². The van der Waals surface area contributed by atoms with Crippen LogP contribution in [0.1, 0.15) is 124 Å². The standard InChI is InChI=1S/C36H60O6/c1-4-5-26-33(37)27-22-18-14-10-8-6-7-9-11-15-19-23-28-35(39)41-30-34(38)31-42-36(40)29-24-20-16-12-13-17-21-25-32(2)3/h5-7,10-11,14-15,18,22,26,32-34,37-38H,4,8-9,12-13,16-17,19-21,23-25,27-31H2,1-3H3/b7-6-,14-10-,15-11-,22-18+,26-5-/t33?,34-/m1/s1. The molecule has 42 heavy (non-hydrogen) atoms. The number of carbonyl (C=O) groups excluding carboxylic acids is 2. The molecule has 2 N–H and O–H groups in total. The minimum absolute atomic E-state index is 0.147. The summed E-state index contributed by atoms with van der Waals surface area (Å²) < 4.78 is 10.2. The molecule has 1 unspecified atom stereocenters. The molecule has 0 aliphatic carbocycles. The van der Waals surface area contributed by atoms with Gasteiger partial charge in [0.25, 0.3) is 0 Å². The van der Waals surface area contributed by atoms with Crippen LogP contribution in [0.25, 0.3) is 0 Å². The number of esters is 2. The second-order valence-corrected chi connectivity index (χ2v) is 11.2. The molecule has 0 rings (SSSR count). The number of carbonyl (C=O) groups is 2. The molecule has 0 aliphatic heterocycles. The molecule has 0 aliphatic rings. The third kappa shape index (κ3) is 30.5. The van der Waals surface area contributed by atoms with E-state index in [1.165, 1.54) is 32.1 Å². The summed E-state index contributed by atoms with van der Waals surface area (Å²) in [7, 11) is 0. The highest BCUT2D eigenvalue weighted by atomic mass is 16.6. The molecule has 6 heteroatoms. The van der Waals surface area contributed by atoms with Crippen molar-refractivity contribution in [1.82, 2.24) is 0 Å². The second-order valence-electron chi connectivity index (χ2n) is 11.2. The van der Waals surface area contributed by atoms with E-state index < -0.39 is 12.2 Å². The Labute approximate surface area is 256 Å². The van der Waals surface area contributed by atoms with Crippen molar-refractivity contribution in [1.29, 1.82) is 0 Å². The summed E-state index contributed by atoms with van der Waals surface area (Å²) in [5.74, 6) is 0.119. The van der Waals surface area contributed by atoms with E-state index in [0.29, 0.717) is 19.3 Å². The predicted octanol–water partition coefficient (Wildman–Crippen LogP) is 8.49. The second kappa shape index (κ2) is 30.0. The summed E-state index contributed by atoms with van der Waals surface area (Å²) in [6.45, 7) is 6.26. The zero-order valence-electron chi connectivity index (χ0n) is 26.8. The zero-order chi connectivity index (χ0) is 31.1. The van der Waals surface area contributed by atoms with E-state index >= 15 is 0 Å². The van der Waals surface area contributed by atoms with Crippen molar-refractivity contribution in [3.8, 4) is 0 Å². The lowest BCUT2D eigenvalue weighted by atomic mass is 10.0. The Morgan fingerprint density at radius 3 is 1.86 bits per heavy atom. The molecule has 240 valence electrons. The minimum atomic E-state index is -0.998. The van der Waals surface area contributed by atoms with E-state index in [0.717, 1.165) is 50.9 Å². The van der Waals surface area contributed by atoms with Gasteiger partial charge in [0.1, 0.15) is 19.3 Å². The van der Waals surface area contributed by atoms with Gasteiger partial charge >= 0.3 is 11.9 Å².